The first-order valence-corrected chi connectivity index (χ1v) is 7.06. The summed E-state index contributed by atoms with van der Waals surface area (Å²) in [5, 5.41) is 18.2. The number of rotatable bonds is 4. The first kappa shape index (κ1) is 15.0. The van der Waals surface area contributed by atoms with Crippen LogP contribution in [-0.2, 0) is 0 Å². The maximum atomic E-state index is 10.7. The fraction of sp³-hybridized carbons (Fsp3) is 0.417. The number of non-ortho nitro benzene ring substituents is 1. The number of nitro groups is 1. The van der Waals surface area contributed by atoms with Gasteiger partial charge in [0.1, 0.15) is 0 Å². The average molecular weight is 315 g/mol. The van der Waals surface area contributed by atoms with Gasteiger partial charge >= 0.3 is 0 Å². The zero-order chi connectivity index (χ0) is 13.2. The molecule has 0 aliphatic carbocycles. The van der Waals surface area contributed by atoms with Crippen molar-refractivity contribution in [2.45, 2.75) is 18.9 Å². The molecule has 6 nitrogen and oxygen atoms in total. The minimum Gasteiger partial charge on any atom is -0.360 e. The van der Waals surface area contributed by atoms with Crippen molar-refractivity contribution in [2.24, 2.45) is 0 Å². The quantitative estimate of drug-likeness (QED) is 0.670. The maximum absolute atomic E-state index is 10.7. The molecule has 1 aromatic carbocycles. The highest BCUT2D eigenvalue weighted by Gasteiger charge is 2.15. The van der Waals surface area contributed by atoms with Crippen molar-refractivity contribution in [1.82, 2.24) is 10.3 Å². The van der Waals surface area contributed by atoms with Crippen LogP contribution in [0.25, 0.3) is 10.2 Å². The molecule has 1 fully saturated rings. The lowest BCUT2D eigenvalue weighted by molar-refractivity contribution is -0.384. The fourth-order valence-corrected chi connectivity index (χ4v) is 3.10. The second-order valence-corrected chi connectivity index (χ2v) is 5.63. The summed E-state index contributed by atoms with van der Waals surface area (Å²) < 4.78 is 0.965. The van der Waals surface area contributed by atoms with Gasteiger partial charge in [0.2, 0.25) is 0 Å². The van der Waals surface area contributed by atoms with E-state index in [1.54, 1.807) is 6.07 Å². The smallest absolute Gasteiger partial charge is 0.271 e. The molecule has 1 aliphatic heterocycles. The van der Waals surface area contributed by atoms with Crippen LogP contribution in [0.5, 0.6) is 0 Å². The molecule has 2 aromatic rings. The molecule has 0 saturated carbocycles. The van der Waals surface area contributed by atoms with Crippen LogP contribution in [0.1, 0.15) is 12.8 Å². The Morgan fingerprint density at radius 2 is 2.40 bits per heavy atom. The van der Waals surface area contributed by atoms with E-state index in [1.807, 2.05) is 0 Å². The summed E-state index contributed by atoms with van der Waals surface area (Å²) >= 11 is 1.53. The number of anilines is 1. The van der Waals surface area contributed by atoms with Crippen LogP contribution in [0.4, 0.5) is 10.8 Å². The highest BCUT2D eigenvalue weighted by molar-refractivity contribution is 7.22. The van der Waals surface area contributed by atoms with E-state index in [2.05, 4.69) is 15.6 Å². The van der Waals surface area contributed by atoms with Gasteiger partial charge in [-0.25, -0.2) is 4.98 Å². The van der Waals surface area contributed by atoms with Crippen LogP contribution >= 0.6 is 23.7 Å². The Morgan fingerprint density at radius 1 is 1.55 bits per heavy atom. The van der Waals surface area contributed by atoms with E-state index in [-0.39, 0.29) is 18.1 Å². The molecule has 2 heterocycles. The third-order valence-electron chi connectivity index (χ3n) is 3.24. The van der Waals surface area contributed by atoms with Crippen LogP contribution < -0.4 is 10.6 Å². The van der Waals surface area contributed by atoms with E-state index < -0.39 is 4.92 Å². The first-order chi connectivity index (χ1) is 9.22. The molecule has 1 unspecified atom stereocenters. The van der Waals surface area contributed by atoms with Gasteiger partial charge in [-0.15, -0.1) is 12.4 Å². The van der Waals surface area contributed by atoms with Gasteiger partial charge in [0.05, 0.1) is 15.1 Å². The zero-order valence-corrected chi connectivity index (χ0v) is 12.3. The van der Waals surface area contributed by atoms with Gasteiger partial charge in [0.15, 0.2) is 5.13 Å². The number of thiazole rings is 1. The van der Waals surface area contributed by atoms with Crippen LogP contribution in [-0.4, -0.2) is 29.0 Å². The number of benzene rings is 1. The normalized spacial score (nSPS) is 17.9. The third-order valence-corrected chi connectivity index (χ3v) is 4.24. The third kappa shape index (κ3) is 3.17. The number of fused-ring (bicyclic) bond motifs is 1. The van der Waals surface area contributed by atoms with Crippen molar-refractivity contribution in [2.75, 3.05) is 18.4 Å². The molecule has 8 heteroatoms. The van der Waals surface area contributed by atoms with E-state index in [0.29, 0.717) is 11.6 Å². The summed E-state index contributed by atoms with van der Waals surface area (Å²) in [4.78, 5) is 14.7. The molecule has 0 amide bonds. The van der Waals surface area contributed by atoms with E-state index in [4.69, 9.17) is 0 Å². The molecule has 0 bridgehead atoms. The fourth-order valence-electron chi connectivity index (χ4n) is 2.25. The number of nitrogens with one attached hydrogen (secondary N) is 2. The number of nitrogens with zero attached hydrogens (tertiary/aromatic N) is 2. The van der Waals surface area contributed by atoms with E-state index in [0.717, 1.165) is 22.9 Å². The number of halogens is 1. The number of hydrogen-bond acceptors (Lipinski definition) is 6. The maximum Gasteiger partial charge on any atom is 0.271 e. The van der Waals surface area contributed by atoms with Crippen LogP contribution in [0.2, 0.25) is 0 Å². The van der Waals surface area contributed by atoms with Gasteiger partial charge in [-0.2, -0.15) is 0 Å². The van der Waals surface area contributed by atoms with Gasteiger partial charge in [-0.1, -0.05) is 11.3 Å². The lowest BCUT2D eigenvalue weighted by atomic mass is 10.2. The minimum absolute atomic E-state index is 0. The van der Waals surface area contributed by atoms with Crippen molar-refractivity contribution in [3.63, 3.8) is 0 Å². The lowest BCUT2D eigenvalue weighted by Crippen LogP contribution is -2.29. The number of nitro benzene ring substituents is 1. The summed E-state index contributed by atoms with van der Waals surface area (Å²) in [6.07, 6.45) is 2.40. The molecule has 0 spiro atoms. The van der Waals surface area contributed by atoms with Crippen LogP contribution in [0, 0.1) is 10.1 Å². The minimum atomic E-state index is -0.395. The summed E-state index contributed by atoms with van der Waals surface area (Å²) in [5.74, 6) is 0. The van der Waals surface area contributed by atoms with Crippen molar-refractivity contribution in [3.8, 4) is 0 Å². The monoisotopic (exact) mass is 314 g/mol. The van der Waals surface area contributed by atoms with E-state index in [9.17, 15) is 10.1 Å². The molecule has 1 atom stereocenters. The Bertz CT molecular complexity index is 613. The molecule has 1 aromatic heterocycles. The standard InChI is InChI=1S/C12H14N4O2S.ClH/c17-16(18)9-3-4-11-10(6-9)15-12(19-11)14-7-8-2-1-5-13-8;/h3-4,6,8,13H,1-2,5,7H2,(H,14,15);1H. The van der Waals surface area contributed by atoms with Gasteiger partial charge in [-0.3, -0.25) is 10.1 Å². The molecule has 1 saturated heterocycles. The molecule has 3 rings (SSSR count). The van der Waals surface area contributed by atoms with E-state index in [1.165, 1.54) is 36.3 Å². The summed E-state index contributed by atoms with van der Waals surface area (Å²) in [6, 6.07) is 5.29. The molecular formula is C12H15ClN4O2S. The number of aromatic nitrogens is 1. The Kier molecular flexibility index (Phi) is 4.74. The second-order valence-electron chi connectivity index (χ2n) is 4.60. The largest absolute Gasteiger partial charge is 0.360 e. The molecular weight excluding hydrogens is 300 g/mol. The summed E-state index contributed by atoms with van der Waals surface area (Å²) in [6.45, 7) is 1.93. The van der Waals surface area contributed by atoms with Gasteiger partial charge in [0, 0.05) is 24.7 Å². The lowest BCUT2D eigenvalue weighted by Gasteiger charge is -2.09. The zero-order valence-electron chi connectivity index (χ0n) is 10.7. The highest BCUT2D eigenvalue weighted by atomic mass is 35.5. The highest BCUT2D eigenvalue weighted by Crippen LogP contribution is 2.28. The molecule has 1 aliphatic rings. The predicted molar refractivity (Wildman–Crippen MR) is 83.0 cm³/mol. The van der Waals surface area contributed by atoms with Crippen molar-refractivity contribution in [3.05, 3.63) is 28.3 Å². The predicted octanol–water partition coefficient (Wildman–Crippen LogP) is 2.79. The Morgan fingerprint density at radius 3 is 3.10 bits per heavy atom. The summed E-state index contributed by atoms with van der Waals surface area (Å²) in [5.41, 5.74) is 0.767. The molecule has 2 N–H and O–H groups in total. The molecule has 108 valence electrons. The van der Waals surface area contributed by atoms with Crippen molar-refractivity contribution in [1.29, 1.82) is 0 Å². The average Bonchev–Trinajstić information content (AvgIpc) is 3.04. The SMILES string of the molecule is Cl.O=[N+]([O-])c1ccc2sc(NCC3CCCN3)nc2c1. The Hall–Kier alpha value is -1.44. The van der Waals surface area contributed by atoms with Crippen molar-refractivity contribution >= 4 is 44.8 Å². The van der Waals surface area contributed by atoms with Gasteiger partial charge in [0.25, 0.3) is 5.69 Å². The van der Waals surface area contributed by atoms with Crippen molar-refractivity contribution < 1.29 is 4.92 Å². The van der Waals surface area contributed by atoms with Crippen LogP contribution in [0.3, 0.4) is 0 Å². The second kappa shape index (κ2) is 6.34. The Labute approximate surface area is 126 Å². The molecule has 0 radical (unpaired) electrons. The number of hydrogen-bond donors (Lipinski definition) is 2. The van der Waals surface area contributed by atoms with Crippen LogP contribution in [0.15, 0.2) is 18.2 Å². The molecule has 20 heavy (non-hydrogen) atoms. The van der Waals surface area contributed by atoms with E-state index >= 15 is 0 Å². The first-order valence-electron chi connectivity index (χ1n) is 6.24. The van der Waals surface area contributed by atoms with Gasteiger partial charge in [-0.05, 0) is 25.5 Å². The van der Waals surface area contributed by atoms with Gasteiger partial charge < -0.3 is 10.6 Å². The Balaban J connectivity index is 0.00000147. The topological polar surface area (TPSA) is 80.1 Å². The summed E-state index contributed by atoms with van der Waals surface area (Å²) in [7, 11) is 0.